The average molecular weight is 356 g/mol. The third-order valence-corrected chi connectivity index (χ3v) is 5.20. The van der Waals surface area contributed by atoms with Gasteiger partial charge in [0.2, 0.25) is 6.10 Å². The summed E-state index contributed by atoms with van der Waals surface area (Å²) in [6.45, 7) is 0. The highest BCUT2D eigenvalue weighted by Gasteiger charge is 2.40. The molecule has 2 heterocycles. The van der Waals surface area contributed by atoms with Gasteiger partial charge in [-0.25, -0.2) is 4.39 Å². The number of aromatic nitrogens is 2. The van der Waals surface area contributed by atoms with E-state index in [-0.39, 0.29) is 11.7 Å². The molecule has 1 N–H and O–H groups in total. The Kier molecular flexibility index (Phi) is 4.22. The zero-order valence-electron chi connectivity index (χ0n) is 14.6. The van der Waals surface area contributed by atoms with Crippen LogP contribution in [0, 0.1) is 5.82 Å². The monoisotopic (exact) mass is 356 g/mol. The summed E-state index contributed by atoms with van der Waals surface area (Å²) in [7, 11) is 1.83. The molecular formula is C19H21FN4O2. The summed E-state index contributed by atoms with van der Waals surface area (Å²) in [5, 5.41) is 11.3. The second-order valence-corrected chi connectivity index (χ2v) is 7.03. The number of halogens is 1. The molecule has 0 unspecified atom stereocenters. The number of amides is 1. The smallest absolute Gasteiger partial charge is 0.265 e. The number of aryl methyl sites for hydroxylation is 1. The highest BCUT2D eigenvalue weighted by Crippen LogP contribution is 2.39. The molecule has 1 amide bonds. The lowest BCUT2D eigenvalue weighted by Crippen LogP contribution is -2.48. The van der Waals surface area contributed by atoms with Gasteiger partial charge in [0.1, 0.15) is 5.82 Å². The van der Waals surface area contributed by atoms with Gasteiger partial charge >= 0.3 is 0 Å². The van der Waals surface area contributed by atoms with Gasteiger partial charge in [0, 0.05) is 25.2 Å². The summed E-state index contributed by atoms with van der Waals surface area (Å²) in [5.74, 6) is -0.499. The second kappa shape index (κ2) is 6.55. The van der Waals surface area contributed by atoms with Crippen LogP contribution in [-0.4, -0.2) is 27.5 Å². The topological polar surface area (TPSA) is 68.5 Å². The Morgan fingerprint density at radius 2 is 2.19 bits per heavy atom. The van der Waals surface area contributed by atoms with Crippen molar-refractivity contribution >= 4 is 11.6 Å². The van der Waals surface area contributed by atoms with E-state index in [9.17, 15) is 9.18 Å². The van der Waals surface area contributed by atoms with E-state index in [0.29, 0.717) is 12.1 Å². The Labute approximate surface area is 151 Å². The van der Waals surface area contributed by atoms with Gasteiger partial charge in [-0.1, -0.05) is 30.1 Å². The lowest BCUT2D eigenvalue weighted by Gasteiger charge is -2.32. The van der Waals surface area contributed by atoms with E-state index >= 15 is 0 Å². The molecule has 2 aliphatic rings. The maximum atomic E-state index is 13.7. The minimum absolute atomic E-state index is 0.209. The third-order valence-electron chi connectivity index (χ3n) is 5.20. The van der Waals surface area contributed by atoms with Crippen molar-refractivity contribution in [2.75, 3.05) is 0 Å². The van der Waals surface area contributed by atoms with Crippen LogP contribution in [0.4, 0.5) is 4.39 Å². The van der Waals surface area contributed by atoms with Crippen LogP contribution >= 0.6 is 0 Å². The molecule has 136 valence electrons. The summed E-state index contributed by atoms with van der Waals surface area (Å²) in [6.07, 6.45) is 6.87. The van der Waals surface area contributed by atoms with Crippen LogP contribution in [0.3, 0.4) is 0 Å². The molecule has 1 aromatic heterocycles. The first-order valence-corrected chi connectivity index (χ1v) is 8.85. The van der Waals surface area contributed by atoms with Crippen LogP contribution < -0.4 is 5.32 Å². The largest absolute Gasteiger partial charge is 0.382 e. The molecule has 1 aliphatic heterocycles. The average Bonchev–Trinajstić information content (AvgIpc) is 3.35. The molecule has 7 heteroatoms. The summed E-state index contributed by atoms with van der Waals surface area (Å²) in [5.41, 5.74) is 1.85. The molecule has 1 aromatic carbocycles. The predicted molar refractivity (Wildman–Crippen MR) is 93.9 cm³/mol. The number of benzene rings is 1. The Morgan fingerprint density at radius 3 is 2.88 bits per heavy atom. The number of nitrogens with one attached hydrogen (secondary N) is 1. The van der Waals surface area contributed by atoms with E-state index in [0.717, 1.165) is 36.8 Å². The maximum absolute atomic E-state index is 13.7. The van der Waals surface area contributed by atoms with Gasteiger partial charge in [-0.2, -0.15) is 5.10 Å². The molecular weight excluding hydrogens is 335 g/mol. The Bertz CT molecular complexity index is 855. The van der Waals surface area contributed by atoms with Crippen LogP contribution in [0.2, 0.25) is 0 Å². The fourth-order valence-corrected chi connectivity index (χ4v) is 3.83. The van der Waals surface area contributed by atoms with Crippen molar-refractivity contribution in [3.8, 4) is 0 Å². The maximum Gasteiger partial charge on any atom is 0.265 e. The number of carbonyl (C=O) groups is 1. The highest BCUT2D eigenvalue weighted by atomic mass is 19.1. The fourth-order valence-electron chi connectivity index (χ4n) is 3.83. The van der Waals surface area contributed by atoms with Crippen molar-refractivity contribution in [2.24, 2.45) is 12.2 Å². The summed E-state index contributed by atoms with van der Waals surface area (Å²) in [4.78, 5) is 18.2. The van der Waals surface area contributed by atoms with Crippen LogP contribution in [0.25, 0.3) is 0 Å². The van der Waals surface area contributed by atoms with Crippen molar-refractivity contribution in [1.29, 1.82) is 0 Å². The first-order chi connectivity index (χ1) is 12.6. The van der Waals surface area contributed by atoms with Crippen molar-refractivity contribution in [3.05, 3.63) is 53.6 Å². The zero-order chi connectivity index (χ0) is 18.1. The molecule has 0 bridgehead atoms. The van der Waals surface area contributed by atoms with Crippen molar-refractivity contribution in [2.45, 2.75) is 43.7 Å². The molecule has 2 aromatic rings. The third kappa shape index (κ3) is 3.09. The van der Waals surface area contributed by atoms with E-state index in [4.69, 9.17) is 4.84 Å². The number of oxime groups is 1. The van der Waals surface area contributed by atoms with Gasteiger partial charge in [-0.05, 0) is 30.5 Å². The summed E-state index contributed by atoms with van der Waals surface area (Å²) in [6, 6.07) is 6.50. The van der Waals surface area contributed by atoms with Crippen LogP contribution in [0.1, 0.15) is 43.2 Å². The molecule has 0 radical (unpaired) electrons. The molecule has 26 heavy (non-hydrogen) atoms. The molecule has 6 nitrogen and oxygen atoms in total. The first-order valence-electron chi connectivity index (χ1n) is 8.85. The number of hydrogen-bond donors (Lipinski definition) is 1. The first kappa shape index (κ1) is 16.8. The van der Waals surface area contributed by atoms with Crippen LogP contribution in [0.5, 0.6) is 0 Å². The Hall–Kier alpha value is -2.70. The molecule has 0 spiro atoms. The van der Waals surface area contributed by atoms with Gasteiger partial charge in [-0.3, -0.25) is 9.48 Å². The van der Waals surface area contributed by atoms with Crippen molar-refractivity contribution in [1.82, 2.24) is 15.1 Å². The van der Waals surface area contributed by atoms with E-state index < -0.39 is 11.6 Å². The highest BCUT2D eigenvalue weighted by molar-refractivity contribution is 6.03. The van der Waals surface area contributed by atoms with Gasteiger partial charge in [-0.15, -0.1) is 0 Å². The molecule has 4 rings (SSSR count). The molecule has 1 aliphatic carbocycles. The van der Waals surface area contributed by atoms with E-state index in [2.05, 4.69) is 15.6 Å². The number of nitrogens with zero attached hydrogens (tertiary/aromatic N) is 3. The van der Waals surface area contributed by atoms with Crippen molar-refractivity contribution in [3.63, 3.8) is 0 Å². The quantitative estimate of drug-likeness (QED) is 0.916. The van der Waals surface area contributed by atoms with E-state index in [1.807, 2.05) is 19.3 Å². The van der Waals surface area contributed by atoms with Gasteiger partial charge in [0.15, 0.2) is 0 Å². The molecule has 1 saturated carbocycles. The van der Waals surface area contributed by atoms with Crippen LogP contribution in [-0.2, 0) is 22.2 Å². The predicted octanol–water partition coefficient (Wildman–Crippen LogP) is 2.64. The van der Waals surface area contributed by atoms with Crippen LogP contribution in [0.15, 0.2) is 41.8 Å². The Morgan fingerprint density at radius 1 is 1.38 bits per heavy atom. The summed E-state index contributed by atoms with van der Waals surface area (Å²) < 4.78 is 15.4. The number of carbonyl (C=O) groups excluding carboxylic acids is 1. The lowest BCUT2D eigenvalue weighted by molar-refractivity contribution is -0.133. The standard InChI is InChI=1S/C19H21FN4O2/c1-24-12-13(11-21-24)16-10-17(26-23-16)18(25)22-19(7-2-3-8-19)14-5-4-6-15(20)9-14/h4-6,9,11-12,17H,2-3,7-8,10H2,1H3,(H,22,25)/t17-/m0/s1. The minimum atomic E-state index is -0.670. The van der Waals surface area contributed by atoms with Crippen molar-refractivity contribution < 1.29 is 14.0 Å². The van der Waals surface area contributed by atoms with E-state index in [1.54, 1.807) is 16.9 Å². The zero-order valence-corrected chi connectivity index (χ0v) is 14.6. The molecule has 0 saturated heterocycles. The summed E-state index contributed by atoms with van der Waals surface area (Å²) >= 11 is 0. The minimum Gasteiger partial charge on any atom is -0.382 e. The lowest BCUT2D eigenvalue weighted by atomic mass is 9.87. The molecule has 1 atom stereocenters. The number of rotatable bonds is 4. The second-order valence-electron chi connectivity index (χ2n) is 7.03. The fraction of sp³-hybridized carbons (Fsp3) is 0.421. The van der Waals surface area contributed by atoms with Gasteiger partial charge in [0.25, 0.3) is 5.91 Å². The Balaban J connectivity index is 1.48. The van der Waals surface area contributed by atoms with Gasteiger partial charge < -0.3 is 10.2 Å². The SMILES string of the molecule is Cn1cc(C2=NO[C@H](C(=O)NC3(c4cccc(F)c4)CCCC3)C2)cn1. The molecule has 1 fully saturated rings. The van der Waals surface area contributed by atoms with E-state index in [1.165, 1.54) is 12.1 Å². The number of hydrogen-bond acceptors (Lipinski definition) is 4. The van der Waals surface area contributed by atoms with Gasteiger partial charge in [0.05, 0.1) is 17.4 Å². The normalized spacial score (nSPS) is 21.3.